The van der Waals surface area contributed by atoms with Gasteiger partial charge in [-0.15, -0.1) is 10.2 Å². The largest absolute Gasteiger partial charge is 0.283 e. The van der Waals surface area contributed by atoms with E-state index in [9.17, 15) is 4.39 Å². The fraction of sp³-hybridized carbons (Fsp3) is 0.136. The van der Waals surface area contributed by atoms with E-state index in [0.717, 1.165) is 22.5 Å². The van der Waals surface area contributed by atoms with Crippen molar-refractivity contribution in [2.24, 2.45) is 10.2 Å². The van der Waals surface area contributed by atoms with Gasteiger partial charge in [0, 0.05) is 11.8 Å². The van der Waals surface area contributed by atoms with Crippen molar-refractivity contribution in [2.45, 2.75) is 20.8 Å². The Morgan fingerprint density at radius 2 is 1.70 bits per heavy atom. The number of halogens is 1. The van der Waals surface area contributed by atoms with Crippen molar-refractivity contribution >= 4 is 17.2 Å². The molecule has 5 heteroatoms. The van der Waals surface area contributed by atoms with Crippen LogP contribution in [0.5, 0.6) is 0 Å². The molecule has 2 heterocycles. The van der Waals surface area contributed by atoms with Crippen molar-refractivity contribution in [3.63, 3.8) is 0 Å². The summed E-state index contributed by atoms with van der Waals surface area (Å²) < 4.78 is 15.8. The minimum atomic E-state index is -0.404. The van der Waals surface area contributed by atoms with Crippen LogP contribution in [0.4, 0.5) is 15.9 Å². The number of aryl methyl sites for hydroxylation is 3. The van der Waals surface area contributed by atoms with E-state index >= 15 is 0 Å². The molecule has 0 fully saturated rings. The first kappa shape index (κ1) is 17.1. The first-order valence-electron chi connectivity index (χ1n) is 8.75. The summed E-state index contributed by atoms with van der Waals surface area (Å²) in [5, 5.41) is 8.51. The number of hydrogen-bond acceptors (Lipinski definition) is 3. The summed E-state index contributed by atoms with van der Waals surface area (Å²) in [7, 11) is 0. The van der Waals surface area contributed by atoms with Crippen molar-refractivity contribution in [3.05, 3.63) is 83.3 Å². The summed E-state index contributed by atoms with van der Waals surface area (Å²) in [5.74, 6) is 0.176. The number of nitrogens with zero attached hydrogens (tertiary/aromatic N) is 4. The Morgan fingerprint density at radius 3 is 2.48 bits per heavy atom. The topological polar surface area (TPSA) is 42.0 Å². The predicted molar refractivity (Wildman–Crippen MR) is 105 cm³/mol. The Hall–Kier alpha value is -3.34. The highest BCUT2D eigenvalue weighted by Crippen LogP contribution is 2.33. The van der Waals surface area contributed by atoms with Crippen molar-refractivity contribution < 1.29 is 4.39 Å². The maximum atomic E-state index is 13.9. The average molecular weight is 358 g/mol. The average Bonchev–Trinajstić information content (AvgIpc) is 3.01. The molecule has 0 saturated carbocycles. The number of pyridine rings is 1. The van der Waals surface area contributed by atoms with Gasteiger partial charge in [0.05, 0.1) is 0 Å². The zero-order valence-corrected chi connectivity index (χ0v) is 15.4. The fourth-order valence-electron chi connectivity index (χ4n) is 2.95. The highest BCUT2D eigenvalue weighted by atomic mass is 19.1. The Labute approximate surface area is 157 Å². The third kappa shape index (κ3) is 3.24. The number of hydrogen-bond donors (Lipinski definition) is 0. The lowest BCUT2D eigenvalue weighted by atomic mass is 10.0. The molecule has 2 aromatic carbocycles. The lowest BCUT2D eigenvalue weighted by Gasteiger charge is -2.04. The third-order valence-electron chi connectivity index (χ3n) is 4.64. The second-order valence-corrected chi connectivity index (χ2v) is 6.67. The Bertz CT molecular complexity index is 1170. The molecule has 0 radical (unpaired) electrons. The molecule has 134 valence electrons. The van der Waals surface area contributed by atoms with Gasteiger partial charge in [-0.05, 0) is 67.8 Å². The van der Waals surface area contributed by atoms with Crippen LogP contribution in [0.15, 0.2) is 71.0 Å². The second kappa shape index (κ2) is 6.76. The van der Waals surface area contributed by atoms with E-state index in [4.69, 9.17) is 4.98 Å². The van der Waals surface area contributed by atoms with Gasteiger partial charge in [-0.3, -0.25) is 4.40 Å². The standard InChI is InChI=1S/C22H19FN4/c1-14-10-11-27-20(12-14)24-21(17-9-8-15(2)16(3)13-17)22(27)26-25-19-7-5-4-6-18(19)23/h4-13H,1-3H3. The summed E-state index contributed by atoms with van der Waals surface area (Å²) in [6.45, 7) is 6.16. The number of imidazole rings is 1. The molecule has 0 spiro atoms. The SMILES string of the molecule is Cc1ccn2c(N=Nc3ccccc3F)c(-c3ccc(C)c(C)c3)nc2c1. The molecule has 2 aromatic heterocycles. The molecule has 0 bridgehead atoms. The summed E-state index contributed by atoms with van der Waals surface area (Å²) in [5.41, 5.74) is 6.17. The summed E-state index contributed by atoms with van der Waals surface area (Å²) in [6.07, 6.45) is 1.91. The van der Waals surface area contributed by atoms with Gasteiger partial charge in [0.15, 0.2) is 11.6 Å². The van der Waals surface area contributed by atoms with Crippen LogP contribution in [0.25, 0.3) is 16.9 Å². The molecule has 0 saturated heterocycles. The molecule has 27 heavy (non-hydrogen) atoms. The molecule has 0 aliphatic rings. The van der Waals surface area contributed by atoms with E-state index < -0.39 is 5.82 Å². The van der Waals surface area contributed by atoms with Gasteiger partial charge < -0.3 is 0 Å². The van der Waals surface area contributed by atoms with Gasteiger partial charge in [-0.1, -0.05) is 24.3 Å². The van der Waals surface area contributed by atoms with Crippen LogP contribution in [-0.4, -0.2) is 9.38 Å². The van der Waals surface area contributed by atoms with Crippen molar-refractivity contribution in [1.29, 1.82) is 0 Å². The van der Waals surface area contributed by atoms with Crippen LogP contribution in [0.1, 0.15) is 16.7 Å². The zero-order chi connectivity index (χ0) is 19.0. The lowest BCUT2D eigenvalue weighted by Crippen LogP contribution is -1.85. The first-order chi connectivity index (χ1) is 13.0. The quantitative estimate of drug-likeness (QED) is 0.386. The van der Waals surface area contributed by atoms with Gasteiger partial charge in [-0.25, -0.2) is 9.37 Å². The molecule has 0 unspecified atom stereocenters. The number of azo groups is 1. The van der Waals surface area contributed by atoms with Crippen LogP contribution in [0, 0.1) is 26.6 Å². The van der Waals surface area contributed by atoms with Crippen LogP contribution >= 0.6 is 0 Å². The monoisotopic (exact) mass is 358 g/mol. The number of rotatable bonds is 3. The van der Waals surface area contributed by atoms with Gasteiger partial charge in [-0.2, -0.15) is 0 Å². The summed E-state index contributed by atoms with van der Waals surface area (Å²) >= 11 is 0. The Morgan fingerprint density at radius 1 is 0.889 bits per heavy atom. The predicted octanol–water partition coefficient (Wildman–Crippen LogP) is 6.48. The maximum absolute atomic E-state index is 13.9. The normalized spacial score (nSPS) is 11.6. The minimum Gasteiger partial charge on any atom is -0.283 e. The number of aromatic nitrogens is 2. The lowest BCUT2D eigenvalue weighted by molar-refractivity contribution is 0.628. The van der Waals surface area contributed by atoms with Crippen LogP contribution in [0.3, 0.4) is 0 Å². The van der Waals surface area contributed by atoms with E-state index in [1.54, 1.807) is 18.2 Å². The van der Waals surface area contributed by atoms with E-state index in [1.165, 1.54) is 17.2 Å². The van der Waals surface area contributed by atoms with Crippen molar-refractivity contribution in [2.75, 3.05) is 0 Å². The van der Waals surface area contributed by atoms with E-state index in [-0.39, 0.29) is 5.69 Å². The Balaban J connectivity index is 1.91. The van der Waals surface area contributed by atoms with Crippen molar-refractivity contribution in [3.8, 4) is 11.3 Å². The van der Waals surface area contributed by atoms with Crippen molar-refractivity contribution in [1.82, 2.24) is 9.38 Å². The molecule has 0 N–H and O–H groups in total. The molecule has 0 aliphatic carbocycles. The molecule has 0 atom stereocenters. The van der Waals surface area contributed by atoms with Gasteiger partial charge in [0.1, 0.15) is 17.0 Å². The van der Waals surface area contributed by atoms with Crippen LogP contribution in [-0.2, 0) is 0 Å². The highest BCUT2D eigenvalue weighted by molar-refractivity contribution is 5.75. The van der Waals surface area contributed by atoms with E-state index in [2.05, 4.69) is 36.2 Å². The molecular formula is C22H19FN4. The maximum Gasteiger partial charge on any atom is 0.187 e. The minimum absolute atomic E-state index is 0.200. The summed E-state index contributed by atoms with van der Waals surface area (Å²) in [4.78, 5) is 4.76. The second-order valence-electron chi connectivity index (χ2n) is 6.67. The highest BCUT2D eigenvalue weighted by Gasteiger charge is 2.15. The third-order valence-corrected chi connectivity index (χ3v) is 4.64. The molecule has 4 nitrogen and oxygen atoms in total. The summed E-state index contributed by atoms with van der Waals surface area (Å²) in [6, 6.07) is 16.5. The van der Waals surface area contributed by atoms with Gasteiger partial charge in [0.2, 0.25) is 0 Å². The first-order valence-corrected chi connectivity index (χ1v) is 8.75. The molecule has 0 amide bonds. The molecule has 0 aliphatic heterocycles. The molecule has 4 aromatic rings. The smallest absolute Gasteiger partial charge is 0.187 e. The zero-order valence-electron chi connectivity index (χ0n) is 15.4. The fourth-order valence-corrected chi connectivity index (χ4v) is 2.95. The van der Waals surface area contributed by atoms with E-state index in [1.807, 2.05) is 35.7 Å². The Kier molecular flexibility index (Phi) is 4.28. The van der Waals surface area contributed by atoms with Crippen LogP contribution in [0.2, 0.25) is 0 Å². The van der Waals surface area contributed by atoms with E-state index in [0.29, 0.717) is 5.82 Å². The molecular weight excluding hydrogens is 339 g/mol. The van der Waals surface area contributed by atoms with Gasteiger partial charge >= 0.3 is 0 Å². The number of fused-ring (bicyclic) bond motifs is 1. The van der Waals surface area contributed by atoms with Gasteiger partial charge in [0.25, 0.3) is 0 Å². The number of benzene rings is 2. The molecule has 4 rings (SSSR count). The van der Waals surface area contributed by atoms with Crippen LogP contribution < -0.4 is 0 Å².